The van der Waals surface area contributed by atoms with Crippen LogP contribution in [-0.2, 0) is 0 Å². The Bertz CT molecular complexity index is 629. The van der Waals surface area contributed by atoms with Crippen molar-refractivity contribution in [3.05, 3.63) is 41.5 Å². The van der Waals surface area contributed by atoms with Crippen LogP contribution in [0.3, 0.4) is 0 Å². The Morgan fingerprint density at radius 1 is 1.31 bits per heavy atom. The van der Waals surface area contributed by atoms with E-state index in [1.807, 2.05) is 6.07 Å². The predicted molar refractivity (Wildman–Crippen MR) is 60.5 cm³/mol. The van der Waals surface area contributed by atoms with Crippen LogP contribution >= 0.6 is 11.6 Å². The van der Waals surface area contributed by atoms with Crippen LogP contribution in [-0.4, -0.2) is 10.3 Å². The Kier molecular flexibility index (Phi) is 2.51. The number of hydrogen-bond acceptors (Lipinski definition) is 3. The molecule has 0 aliphatic carbocycles. The van der Waals surface area contributed by atoms with Crippen molar-refractivity contribution < 1.29 is 9.90 Å². The average molecular weight is 232 g/mol. The summed E-state index contributed by atoms with van der Waals surface area (Å²) in [5.41, 5.74) is 0.609. The molecule has 0 fully saturated rings. The lowest BCUT2D eigenvalue weighted by Gasteiger charge is -2.04. The molecular weight excluding hydrogens is 226 g/mol. The van der Waals surface area contributed by atoms with Gasteiger partial charge in [-0.15, -0.1) is 0 Å². The summed E-state index contributed by atoms with van der Waals surface area (Å²) in [6.45, 7) is 0. The molecule has 0 spiro atoms. The highest BCUT2D eigenvalue weighted by atomic mass is 35.5. The van der Waals surface area contributed by atoms with Crippen molar-refractivity contribution >= 4 is 27.6 Å². The summed E-state index contributed by atoms with van der Waals surface area (Å²) in [4.78, 5) is 11.2. The van der Waals surface area contributed by atoms with E-state index in [4.69, 9.17) is 16.9 Å². The van der Waals surface area contributed by atoms with Crippen LogP contribution in [0.5, 0.6) is 5.75 Å². The first-order chi connectivity index (χ1) is 7.61. The summed E-state index contributed by atoms with van der Waals surface area (Å²) in [6.07, 6.45) is 0. The monoisotopic (exact) mass is 231 g/mol. The molecule has 0 bridgehead atoms. The van der Waals surface area contributed by atoms with Gasteiger partial charge in [-0.2, -0.15) is 5.26 Å². The maximum absolute atomic E-state index is 11.2. The van der Waals surface area contributed by atoms with Gasteiger partial charge in [-0.05, 0) is 52.7 Å². The topological polar surface area (TPSA) is 61.1 Å². The summed E-state index contributed by atoms with van der Waals surface area (Å²) in [5.74, 6) is 0.0792. The fraction of sp³-hybridized carbons (Fsp3) is 0. The molecule has 0 aromatic heterocycles. The van der Waals surface area contributed by atoms with Crippen LogP contribution in [0.15, 0.2) is 30.3 Å². The van der Waals surface area contributed by atoms with E-state index in [1.54, 1.807) is 12.1 Å². The number of hydrogen-bond donors (Lipinski definition) is 1. The molecule has 0 atom stereocenters. The fourth-order valence-corrected chi connectivity index (χ4v) is 1.74. The van der Waals surface area contributed by atoms with Crippen LogP contribution in [0.4, 0.5) is 0 Å². The molecule has 0 aliphatic heterocycles. The maximum Gasteiger partial charge on any atom is 0.253 e. The van der Waals surface area contributed by atoms with E-state index < -0.39 is 5.24 Å². The average Bonchev–Trinajstić information content (AvgIpc) is 2.26. The van der Waals surface area contributed by atoms with Crippen molar-refractivity contribution in [2.75, 3.05) is 0 Å². The van der Waals surface area contributed by atoms with E-state index in [0.717, 1.165) is 0 Å². The highest BCUT2D eigenvalue weighted by Gasteiger charge is 2.10. The normalized spacial score (nSPS) is 10.0. The van der Waals surface area contributed by atoms with Crippen molar-refractivity contribution in [3.8, 4) is 11.8 Å². The van der Waals surface area contributed by atoms with Crippen LogP contribution in [0.1, 0.15) is 15.9 Å². The zero-order chi connectivity index (χ0) is 11.7. The van der Waals surface area contributed by atoms with E-state index in [1.165, 1.54) is 18.2 Å². The van der Waals surface area contributed by atoms with Gasteiger partial charge in [0.2, 0.25) is 0 Å². The molecule has 2 aromatic carbocycles. The van der Waals surface area contributed by atoms with E-state index in [2.05, 4.69) is 0 Å². The lowest BCUT2D eigenvalue weighted by atomic mass is 10.0. The molecule has 1 N–H and O–H groups in total. The Hall–Kier alpha value is -2.05. The summed E-state index contributed by atoms with van der Waals surface area (Å²) in [6, 6.07) is 9.53. The molecular formula is C12H6ClNO2. The van der Waals surface area contributed by atoms with E-state index in [9.17, 15) is 9.90 Å². The molecule has 2 rings (SSSR count). The number of carbonyl (C=O) groups excluding carboxylic acids is 1. The molecule has 0 amide bonds. The molecule has 2 aromatic rings. The van der Waals surface area contributed by atoms with Crippen molar-refractivity contribution in [1.82, 2.24) is 0 Å². The number of halogens is 1. The van der Waals surface area contributed by atoms with Gasteiger partial charge in [-0.1, -0.05) is 0 Å². The zero-order valence-electron chi connectivity index (χ0n) is 8.07. The van der Waals surface area contributed by atoms with E-state index >= 15 is 0 Å². The third-order valence-electron chi connectivity index (χ3n) is 2.28. The van der Waals surface area contributed by atoms with E-state index in [-0.39, 0.29) is 11.3 Å². The van der Waals surface area contributed by atoms with Gasteiger partial charge in [0, 0.05) is 5.56 Å². The lowest BCUT2D eigenvalue weighted by Crippen LogP contribution is -1.92. The first kappa shape index (κ1) is 10.5. The van der Waals surface area contributed by atoms with Crippen LogP contribution in [0.2, 0.25) is 0 Å². The van der Waals surface area contributed by atoms with Gasteiger partial charge >= 0.3 is 0 Å². The van der Waals surface area contributed by atoms with Gasteiger partial charge in [0.25, 0.3) is 5.24 Å². The SMILES string of the molecule is N#Cc1cc(C(=O)Cl)c2ccc(O)cc2c1. The number of rotatable bonds is 1. The first-order valence-electron chi connectivity index (χ1n) is 4.48. The zero-order valence-corrected chi connectivity index (χ0v) is 8.82. The molecule has 0 saturated carbocycles. The summed E-state index contributed by atoms with van der Waals surface area (Å²) in [5, 5.41) is 18.7. The molecule has 78 valence electrons. The van der Waals surface area contributed by atoms with Gasteiger partial charge < -0.3 is 5.11 Å². The van der Waals surface area contributed by atoms with Crippen molar-refractivity contribution in [2.24, 2.45) is 0 Å². The van der Waals surface area contributed by atoms with Gasteiger partial charge in [-0.3, -0.25) is 4.79 Å². The minimum atomic E-state index is -0.618. The molecule has 0 saturated heterocycles. The number of nitriles is 1. The molecule has 3 nitrogen and oxygen atoms in total. The maximum atomic E-state index is 11.2. The smallest absolute Gasteiger partial charge is 0.253 e. The summed E-state index contributed by atoms with van der Waals surface area (Å²) < 4.78 is 0. The second kappa shape index (κ2) is 3.84. The Balaban J connectivity index is 2.88. The quantitative estimate of drug-likeness (QED) is 0.768. The van der Waals surface area contributed by atoms with Crippen LogP contribution in [0.25, 0.3) is 10.8 Å². The lowest BCUT2D eigenvalue weighted by molar-refractivity contribution is 0.108. The Morgan fingerprint density at radius 3 is 2.69 bits per heavy atom. The minimum absolute atomic E-state index is 0.0792. The third-order valence-corrected chi connectivity index (χ3v) is 2.48. The number of nitrogens with zero attached hydrogens (tertiary/aromatic N) is 1. The van der Waals surface area contributed by atoms with Crippen molar-refractivity contribution in [2.45, 2.75) is 0 Å². The van der Waals surface area contributed by atoms with Gasteiger partial charge in [-0.25, -0.2) is 0 Å². The fourth-order valence-electron chi connectivity index (χ4n) is 1.58. The van der Waals surface area contributed by atoms with Crippen LogP contribution < -0.4 is 0 Å². The predicted octanol–water partition coefficient (Wildman–Crippen LogP) is 2.80. The molecule has 16 heavy (non-hydrogen) atoms. The Morgan fingerprint density at radius 2 is 2.06 bits per heavy atom. The number of aromatic hydroxyl groups is 1. The van der Waals surface area contributed by atoms with Gasteiger partial charge in [0.05, 0.1) is 11.6 Å². The molecule has 0 unspecified atom stereocenters. The number of phenolic OH excluding ortho intramolecular Hbond substituents is 1. The minimum Gasteiger partial charge on any atom is -0.508 e. The third kappa shape index (κ3) is 1.71. The number of fused-ring (bicyclic) bond motifs is 1. The highest BCUT2D eigenvalue weighted by Crippen LogP contribution is 2.25. The largest absolute Gasteiger partial charge is 0.508 e. The van der Waals surface area contributed by atoms with Crippen molar-refractivity contribution in [1.29, 1.82) is 5.26 Å². The molecule has 0 radical (unpaired) electrons. The second-order valence-electron chi connectivity index (χ2n) is 3.31. The Labute approximate surface area is 96.5 Å². The number of benzene rings is 2. The van der Waals surface area contributed by atoms with E-state index in [0.29, 0.717) is 16.3 Å². The number of carbonyl (C=O) groups is 1. The molecule has 0 aliphatic rings. The standard InChI is InChI=1S/C12H6ClNO2/c13-12(16)11-4-7(6-14)3-8-5-9(15)1-2-10(8)11/h1-5,15H. The van der Waals surface area contributed by atoms with Crippen LogP contribution in [0, 0.1) is 11.3 Å². The molecule has 0 heterocycles. The molecule has 4 heteroatoms. The second-order valence-corrected chi connectivity index (χ2v) is 3.66. The summed E-state index contributed by atoms with van der Waals surface area (Å²) >= 11 is 5.44. The highest BCUT2D eigenvalue weighted by molar-refractivity contribution is 6.68. The van der Waals surface area contributed by atoms with Gasteiger partial charge in [0.1, 0.15) is 5.75 Å². The van der Waals surface area contributed by atoms with Gasteiger partial charge in [0.15, 0.2) is 0 Å². The summed E-state index contributed by atoms with van der Waals surface area (Å²) in [7, 11) is 0. The van der Waals surface area contributed by atoms with Crippen molar-refractivity contribution in [3.63, 3.8) is 0 Å². The number of phenols is 1. The first-order valence-corrected chi connectivity index (χ1v) is 4.86.